The van der Waals surface area contributed by atoms with Crippen molar-refractivity contribution >= 4 is 33.0 Å². The van der Waals surface area contributed by atoms with Crippen molar-refractivity contribution in [1.29, 1.82) is 0 Å². The van der Waals surface area contributed by atoms with Crippen molar-refractivity contribution in [2.24, 2.45) is 5.92 Å². The molecule has 0 spiro atoms. The number of anilines is 1. The molecule has 0 radical (unpaired) electrons. The molecule has 0 aromatic carbocycles. The number of nitrogens with one attached hydrogen (secondary N) is 1. The molecule has 2 aromatic heterocycles. The van der Waals surface area contributed by atoms with Gasteiger partial charge >= 0.3 is 0 Å². The van der Waals surface area contributed by atoms with Gasteiger partial charge in [0, 0.05) is 18.1 Å². The van der Waals surface area contributed by atoms with Crippen LogP contribution in [0.5, 0.6) is 0 Å². The van der Waals surface area contributed by atoms with Gasteiger partial charge < -0.3 is 5.32 Å². The Labute approximate surface area is 136 Å². The van der Waals surface area contributed by atoms with Crippen LogP contribution in [0.4, 0.5) is 5.69 Å². The summed E-state index contributed by atoms with van der Waals surface area (Å²) in [6.45, 7) is 8.77. The monoisotopic (exact) mass is 370 g/mol. The molecule has 2 heterocycles. The lowest BCUT2D eigenvalue weighted by atomic mass is 10.1. The van der Waals surface area contributed by atoms with Gasteiger partial charge in [0.1, 0.15) is 9.48 Å². The second kappa shape index (κ2) is 6.27. The SMILES string of the molecule is CC(C)Cn1ncc(NC(C)(C)c2nccs2)c(Br)c1=O. The zero-order valence-electron chi connectivity index (χ0n) is 12.6. The van der Waals surface area contributed by atoms with E-state index in [2.05, 4.69) is 45.2 Å². The highest BCUT2D eigenvalue weighted by atomic mass is 79.9. The van der Waals surface area contributed by atoms with Crippen molar-refractivity contribution in [3.05, 3.63) is 37.6 Å². The maximum atomic E-state index is 12.3. The number of halogens is 1. The third-order valence-corrected chi connectivity index (χ3v) is 4.80. The first-order chi connectivity index (χ1) is 9.81. The van der Waals surface area contributed by atoms with Crippen LogP contribution in [0.1, 0.15) is 32.7 Å². The summed E-state index contributed by atoms with van der Waals surface area (Å²) in [4.78, 5) is 16.6. The number of nitrogens with zero attached hydrogens (tertiary/aromatic N) is 3. The molecule has 7 heteroatoms. The summed E-state index contributed by atoms with van der Waals surface area (Å²) >= 11 is 4.96. The largest absolute Gasteiger partial charge is 0.371 e. The summed E-state index contributed by atoms with van der Waals surface area (Å²) < 4.78 is 1.99. The molecule has 2 aromatic rings. The fourth-order valence-electron chi connectivity index (χ4n) is 1.95. The predicted octanol–water partition coefficient (Wildman–Crippen LogP) is 3.47. The number of rotatable bonds is 5. The van der Waals surface area contributed by atoms with Crippen molar-refractivity contribution in [3.63, 3.8) is 0 Å². The Morgan fingerprint density at radius 3 is 2.76 bits per heavy atom. The van der Waals surface area contributed by atoms with Crippen LogP contribution in [-0.2, 0) is 12.1 Å². The highest BCUT2D eigenvalue weighted by Gasteiger charge is 2.24. The molecule has 21 heavy (non-hydrogen) atoms. The molecular weight excluding hydrogens is 352 g/mol. The second-order valence-corrected chi connectivity index (χ2v) is 7.53. The molecule has 114 valence electrons. The van der Waals surface area contributed by atoms with Crippen molar-refractivity contribution < 1.29 is 0 Å². The average Bonchev–Trinajstić information content (AvgIpc) is 2.93. The molecule has 0 saturated heterocycles. The summed E-state index contributed by atoms with van der Waals surface area (Å²) in [6, 6.07) is 0. The molecule has 0 fully saturated rings. The summed E-state index contributed by atoms with van der Waals surface area (Å²) in [5.41, 5.74) is 0.193. The highest BCUT2D eigenvalue weighted by molar-refractivity contribution is 9.10. The molecule has 0 amide bonds. The van der Waals surface area contributed by atoms with Crippen molar-refractivity contribution in [2.75, 3.05) is 5.32 Å². The molecule has 0 atom stereocenters. The average molecular weight is 371 g/mol. The van der Waals surface area contributed by atoms with Crippen LogP contribution >= 0.6 is 27.3 Å². The van der Waals surface area contributed by atoms with Gasteiger partial charge in [0.05, 0.1) is 17.4 Å². The maximum absolute atomic E-state index is 12.3. The number of aromatic nitrogens is 3. The van der Waals surface area contributed by atoms with E-state index >= 15 is 0 Å². The fourth-order valence-corrected chi connectivity index (χ4v) is 3.07. The molecule has 0 saturated carbocycles. The van der Waals surface area contributed by atoms with E-state index in [1.165, 1.54) is 4.68 Å². The summed E-state index contributed by atoms with van der Waals surface area (Å²) in [5.74, 6) is 0.368. The lowest BCUT2D eigenvalue weighted by Gasteiger charge is -2.25. The van der Waals surface area contributed by atoms with Crippen LogP contribution < -0.4 is 10.9 Å². The smallest absolute Gasteiger partial charge is 0.283 e. The van der Waals surface area contributed by atoms with Gasteiger partial charge in [-0.3, -0.25) is 4.79 Å². The molecule has 0 unspecified atom stereocenters. The first kappa shape index (κ1) is 16.2. The standard InChI is InChI=1S/C14H19BrN4OS/c1-9(2)8-19-12(20)11(15)10(7-17-19)18-14(3,4)13-16-5-6-21-13/h5-7,9,18H,8H2,1-4H3. The maximum Gasteiger partial charge on any atom is 0.283 e. The number of thiazole rings is 1. The summed E-state index contributed by atoms with van der Waals surface area (Å²) in [7, 11) is 0. The Bertz CT molecular complexity index is 664. The van der Waals surface area contributed by atoms with Gasteiger partial charge in [-0.15, -0.1) is 11.3 Å². The molecule has 0 bridgehead atoms. The first-order valence-corrected chi connectivity index (χ1v) is 8.42. The van der Waals surface area contributed by atoms with Crippen LogP contribution in [0.25, 0.3) is 0 Å². The molecular formula is C14H19BrN4OS. The third kappa shape index (κ3) is 3.71. The van der Waals surface area contributed by atoms with Crippen molar-refractivity contribution in [2.45, 2.75) is 39.8 Å². The van der Waals surface area contributed by atoms with Gasteiger partial charge in [-0.25, -0.2) is 9.67 Å². The van der Waals surface area contributed by atoms with Crippen LogP contribution in [-0.4, -0.2) is 14.8 Å². The zero-order chi connectivity index (χ0) is 15.6. The van der Waals surface area contributed by atoms with Crippen LogP contribution in [0.2, 0.25) is 0 Å². The lowest BCUT2D eigenvalue weighted by molar-refractivity contribution is 0.462. The van der Waals surface area contributed by atoms with Crippen LogP contribution in [0, 0.1) is 5.92 Å². The van der Waals surface area contributed by atoms with Gasteiger partial charge in [0.25, 0.3) is 5.56 Å². The number of hydrogen-bond acceptors (Lipinski definition) is 5. The molecule has 0 aliphatic rings. The van der Waals surface area contributed by atoms with Gasteiger partial charge in [-0.2, -0.15) is 5.10 Å². The van der Waals surface area contributed by atoms with Gasteiger partial charge in [0.2, 0.25) is 0 Å². The first-order valence-electron chi connectivity index (χ1n) is 6.75. The van der Waals surface area contributed by atoms with E-state index in [1.807, 2.05) is 19.2 Å². The summed E-state index contributed by atoms with van der Waals surface area (Å²) in [5, 5.41) is 10.5. The van der Waals surface area contributed by atoms with Gasteiger partial charge in [-0.05, 0) is 35.7 Å². The fraction of sp³-hybridized carbons (Fsp3) is 0.500. The van der Waals surface area contributed by atoms with E-state index in [-0.39, 0.29) is 11.1 Å². The molecule has 0 aliphatic carbocycles. The lowest BCUT2D eigenvalue weighted by Crippen LogP contribution is -2.31. The van der Waals surface area contributed by atoms with Crippen molar-refractivity contribution in [3.8, 4) is 0 Å². The Balaban J connectivity index is 2.30. The van der Waals surface area contributed by atoms with Crippen LogP contribution in [0.15, 0.2) is 27.0 Å². The van der Waals surface area contributed by atoms with Crippen molar-refractivity contribution in [1.82, 2.24) is 14.8 Å². The van der Waals surface area contributed by atoms with E-state index < -0.39 is 0 Å². The van der Waals surface area contributed by atoms with E-state index in [1.54, 1.807) is 23.7 Å². The molecule has 1 N–H and O–H groups in total. The number of hydrogen-bond donors (Lipinski definition) is 1. The van der Waals surface area contributed by atoms with Gasteiger partial charge in [0.15, 0.2) is 0 Å². The molecule has 2 rings (SSSR count). The summed E-state index contributed by atoms with van der Waals surface area (Å²) in [6.07, 6.45) is 3.46. The normalized spacial score (nSPS) is 11.9. The minimum absolute atomic E-state index is 0.122. The zero-order valence-corrected chi connectivity index (χ0v) is 15.0. The second-order valence-electron chi connectivity index (χ2n) is 5.84. The molecule has 5 nitrogen and oxygen atoms in total. The molecule has 0 aliphatic heterocycles. The Kier molecular flexibility index (Phi) is 4.83. The Morgan fingerprint density at radius 1 is 1.48 bits per heavy atom. The van der Waals surface area contributed by atoms with Gasteiger partial charge in [-0.1, -0.05) is 13.8 Å². The minimum Gasteiger partial charge on any atom is -0.371 e. The highest BCUT2D eigenvalue weighted by Crippen LogP contribution is 2.29. The van der Waals surface area contributed by atoms with Crippen LogP contribution in [0.3, 0.4) is 0 Å². The predicted molar refractivity (Wildman–Crippen MR) is 89.8 cm³/mol. The third-order valence-electron chi connectivity index (χ3n) is 2.94. The minimum atomic E-state index is -0.366. The Morgan fingerprint density at radius 2 is 2.19 bits per heavy atom. The van der Waals surface area contributed by atoms with E-state index in [9.17, 15) is 4.79 Å². The quantitative estimate of drug-likeness (QED) is 0.875. The van der Waals surface area contributed by atoms with E-state index in [4.69, 9.17) is 0 Å². The topological polar surface area (TPSA) is 59.8 Å². The Hall–Kier alpha value is -1.21. The van der Waals surface area contributed by atoms with E-state index in [0.29, 0.717) is 22.6 Å². The van der Waals surface area contributed by atoms with E-state index in [0.717, 1.165) is 5.01 Å².